The molecule has 0 aromatic heterocycles. The number of benzene rings is 1. The summed E-state index contributed by atoms with van der Waals surface area (Å²) in [7, 11) is 0. The molecule has 0 radical (unpaired) electrons. The van der Waals surface area contributed by atoms with Gasteiger partial charge in [-0.2, -0.15) is 0 Å². The van der Waals surface area contributed by atoms with Gasteiger partial charge < -0.3 is 14.9 Å². The van der Waals surface area contributed by atoms with E-state index in [-0.39, 0.29) is 11.7 Å². The predicted octanol–water partition coefficient (Wildman–Crippen LogP) is 2.37. The number of para-hydroxylation sites is 1. The lowest BCUT2D eigenvalue weighted by atomic mass is 9.72. The van der Waals surface area contributed by atoms with Gasteiger partial charge in [0.2, 0.25) is 0 Å². The molecule has 0 bridgehead atoms. The highest BCUT2D eigenvalue weighted by atomic mass is 16.5. The van der Waals surface area contributed by atoms with Crippen LogP contribution in [0.1, 0.15) is 31.7 Å². The van der Waals surface area contributed by atoms with E-state index in [2.05, 4.69) is 0 Å². The number of carboxylic acid groups (broad SMARTS) is 1. The van der Waals surface area contributed by atoms with Crippen molar-refractivity contribution in [3.8, 4) is 11.5 Å². The average Bonchev–Trinajstić information content (AvgIpc) is 2.28. The van der Waals surface area contributed by atoms with Crippen LogP contribution in [0.4, 0.5) is 0 Å². The van der Waals surface area contributed by atoms with Crippen LogP contribution in [0.15, 0.2) is 18.2 Å². The van der Waals surface area contributed by atoms with Gasteiger partial charge in [0, 0.05) is 11.5 Å². The van der Waals surface area contributed by atoms with E-state index < -0.39 is 11.4 Å². The molecule has 4 heteroatoms. The predicted molar refractivity (Wildman–Crippen MR) is 62.4 cm³/mol. The molecule has 1 unspecified atom stereocenters. The van der Waals surface area contributed by atoms with Crippen molar-refractivity contribution in [3.63, 3.8) is 0 Å². The summed E-state index contributed by atoms with van der Waals surface area (Å²) in [4.78, 5) is 11.3. The quantitative estimate of drug-likeness (QED) is 0.827. The third kappa shape index (κ3) is 1.84. The van der Waals surface area contributed by atoms with E-state index in [0.29, 0.717) is 18.8 Å². The Labute approximate surface area is 99.8 Å². The van der Waals surface area contributed by atoms with Crippen molar-refractivity contribution < 1.29 is 19.7 Å². The highest BCUT2D eigenvalue weighted by Crippen LogP contribution is 2.47. The molecule has 0 aliphatic carbocycles. The lowest BCUT2D eigenvalue weighted by Gasteiger charge is -2.35. The van der Waals surface area contributed by atoms with E-state index in [4.69, 9.17) is 4.74 Å². The molecule has 1 aromatic rings. The Morgan fingerprint density at radius 1 is 1.47 bits per heavy atom. The van der Waals surface area contributed by atoms with Crippen LogP contribution in [-0.4, -0.2) is 22.8 Å². The van der Waals surface area contributed by atoms with Crippen molar-refractivity contribution in [1.82, 2.24) is 0 Å². The molecule has 0 spiro atoms. The van der Waals surface area contributed by atoms with Crippen LogP contribution in [0.5, 0.6) is 11.5 Å². The van der Waals surface area contributed by atoms with Crippen LogP contribution in [0, 0.1) is 5.41 Å². The molecule has 92 valence electrons. The maximum absolute atomic E-state index is 11.3. The topological polar surface area (TPSA) is 66.8 Å². The molecule has 1 atom stereocenters. The number of aromatic hydroxyl groups is 1. The van der Waals surface area contributed by atoms with Crippen LogP contribution in [0.25, 0.3) is 0 Å². The standard InChI is InChI=1S/C13H16O4/c1-13(2,12(15)16)9-6-7-17-11-8(9)4-3-5-10(11)14/h3-5,9,14H,6-7H2,1-2H3,(H,15,16). The second-order valence-electron chi connectivity index (χ2n) is 4.91. The number of aliphatic carboxylic acids is 1. The fourth-order valence-corrected chi connectivity index (χ4v) is 2.31. The van der Waals surface area contributed by atoms with Crippen molar-refractivity contribution in [3.05, 3.63) is 23.8 Å². The van der Waals surface area contributed by atoms with Crippen LogP contribution in [0.3, 0.4) is 0 Å². The molecule has 0 fully saturated rings. The second-order valence-corrected chi connectivity index (χ2v) is 4.91. The summed E-state index contributed by atoms with van der Waals surface area (Å²) in [6.07, 6.45) is 0.649. The van der Waals surface area contributed by atoms with Gasteiger partial charge in [-0.1, -0.05) is 12.1 Å². The number of ether oxygens (including phenoxy) is 1. The molecular weight excluding hydrogens is 220 g/mol. The zero-order chi connectivity index (χ0) is 12.6. The van der Waals surface area contributed by atoms with Gasteiger partial charge in [0.15, 0.2) is 11.5 Å². The number of fused-ring (bicyclic) bond motifs is 1. The Morgan fingerprint density at radius 3 is 2.82 bits per heavy atom. The number of phenolic OH excluding ortho intramolecular Hbond substituents is 1. The Balaban J connectivity index is 2.49. The first-order valence-electron chi connectivity index (χ1n) is 5.62. The minimum Gasteiger partial charge on any atom is -0.504 e. The Bertz CT molecular complexity index is 451. The first-order chi connectivity index (χ1) is 7.94. The van der Waals surface area contributed by atoms with Gasteiger partial charge in [0.25, 0.3) is 0 Å². The minimum atomic E-state index is -0.869. The van der Waals surface area contributed by atoms with Crippen LogP contribution in [-0.2, 0) is 4.79 Å². The Kier molecular flexibility index (Phi) is 2.73. The smallest absolute Gasteiger partial charge is 0.309 e. The third-order valence-corrected chi connectivity index (χ3v) is 3.48. The summed E-state index contributed by atoms with van der Waals surface area (Å²) in [5.74, 6) is -0.471. The molecule has 2 rings (SSSR count). The van der Waals surface area contributed by atoms with E-state index in [0.717, 1.165) is 5.56 Å². The van der Waals surface area contributed by atoms with Gasteiger partial charge in [0.05, 0.1) is 12.0 Å². The van der Waals surface area contributed by atoms with E-state index in [1.54, 1.807) is 26.0 Å². The maximum Gasteiger partial charge on any atom is 0.309 e. The lowest BCUT2D eigenvalue weighted by molar-refractivity contribution is -0.148. The van der Waals surface area contributed by atoms with Crippen molar-refractivity contribution in [2.45, 2.75) is 26.2 Å². The molecule has 0 saturated carbocycles. The Morgan fingerprint density at radius 2 is 2.18 bits per heavy atom. The molecule has 1 heterocycles. The van der Waals surface area contributed by atoms with Gasteiger partial charge >= 0.3 is 5.97 Å². The molecule has 1 aliphatic rings. The number of carbonyl (C=O) groups is 1. The van der Waals surface area contributed by atoms with Crippen LogP contribution < -0.4 is 4.74 Å². The monoisotopic (exact) mass is 236 g/mol. The third-order valence-electron chi connectivity index (χ3n) is 3.48. The van der Waals surface area contributed by atoms with E-state index >= 15 is 0 Å². The summed E-state index contributed by atoms with van der Waals surface area (Å²) in [6, 6.07) is 5.09. The Hall–Kier alpha value is -1.71. The molecule has 0 amide bonds. The van der Waals surface area contributed by atoms with E-state index in [1.165, 1.54) is 0 Å². The second kappa shape index (κ2) is 3.95. The highest BCUT2D eigenvalue weighted by Gasteiger charge is 2.41. The van der Waals surface area contributed by atoms with Gasteiger partial charge in [0.1, 0.15) is 0 Å². The summed E-state index contributed by atoms with van der Waals surface area (Å²) in [5, 5.41) is 19.0. The summed E-state index contributed by atoms with van der Waals surface area (Å²) in [5.41, 5.74) is -0.0876. The number of phenols is 1. The van der Waals surface area contributed by atoms with Gasteiger partial charge in [-0.15, -0.1) is 0 Å². The SMILES string of the molecule is CC(C)(C(=O)O)C1CCOc2c(O)cccc21. The number of carboxylic acids is 1. The largest absolute Gasteiger partial charge is 0.504 e. The first kappa shape index (κ1) is 11.8. The van der Waals surface area contributed by atoms with Gasteiger partial charge in [-0.25, -0.2) is 0 Å². The summed E-state index contributed by atoms with van der Waals surface area (Å²) < 4.78 is 5.42. The van der Waals surface area contributed by atoms with Crippen LogP contribution >= 0.6 is 0 Å². The zero-order valence-corrected chi connectivity index (χ0v) is 9.93. The van der Waals surface area contributed by atoms with Crippen molar-refractivity contribution in [2.24, 2.45) is 5.41 Å². The van der Waals surface area contributed by atoms with E-state index in [1.807, 2.05) is 6.07 Å². The molecule has 4 nitrogen and oxygen atoms in total. The lowest BCUT2D eigenvalue weighted by Crippen LogP contribution is -2.34. The van der Waals surface area contributed by atoms with E-state index in [9.17, 15) is 15.0 Å². The number of rotatable bonds is 2. The fraction of sp³-hybridized carbons (Fsp3) is 0.462. The fourth-order valence-electron chi connectivity index (χ4n) is 2.31. The van der Waals surface area contributed by atoms with Crippen molar-refractivity contribution >= 4 is 5.97 Å². The van der Waals surface area contributed by atoms with Crippen molar-refractivity contribution in [1.29, 1.82) is 0 Å². The molecule has 2 N–H and O–H groups in total. The van der Waals surface area contributed by atoms with Gasteiger partial charge in [-0.3, -0.25) is 4.79 Å². The normalized spacial score (nSPS) is 19.3. The maximum atomic E-state index is 11.3. The number of hydrogen-bond donors (Lipinski definition) is 2. The van der Waals surface area contributed by atoms with Crippen molar-refractivity contribution in [2.75, 3.05) is 6.61 Å². The average molecular weight is 236 g/mol. The molecule has 0 saturated heterocycles. The van der Waals surface area contributed by atoms with Crippen LogP contribution in [0.2, 0.25) is 0 Å². The summed E-state index contributed by atoms with van der Waals surface area (Å²) in [6.45, 7) is 3.85. The summed E-state index contributed by atoms with van der Waals surface area (Å²) >= 11 is 0. The highest BCUT2D eigenvalue weighted by molar-refractivity contribution is 5.75. The minimum absolute atomic E-state index is 0.0772. The number of hydrogen-bond acceptors (Lipinski definition) is 3. The molecule has 1 aliphatic heterocycles. The first-order valence-corrected chi connectivity index (χ1v) is 5.62. The molecule has 17 heavy (non-hydrogen) atoms. The molecular formula is C13H16O4. The van der Waals surface area contributed by atoms with Gasteiger partial charge in [-0.05, 0) is 26.3 Å². The molecule has 1 aromatic carbocycles. The zero-order valence-electron chi connectivity index (χ0n) is 9.93.